The van der Waals surface area contributed by atoms with E-state index in [0.29, 0.717) is 25.9 Å². The van der Waals surface area contributed by atoms with E-state index in [4.69, 9.17) is 10.2 Å². The second kappa shape index (κ2) is 28.1. The first kappa shape index (κ1) is 36.4. The molecule has 0 saturated carbocycles. The molecule has 0 spiro atoms. The molecule has 0 radical (unpaired) electrons. The Kier molecular flexibility index (Phi) is 36.5. The molecular formula is C16H28K2N2O8. The topological polar surface area (TPSA) is 179 Å². The molecule has 28 heavy (non-hydrogen) atoms. The third-order valence-electron chi connectivity index (χ3n) is 3.02. The summed E-state index contributed by atoms with van der Waals surface area (Å²) in [6, 6.07) is 0. The molecule has 0 fully saturated rings. The van der Waals surface area contributed by atoms with Gasteiger partial charge in [-0.1, -0.05) is 12.8 Å². The van der Waals surface area contributed by atoms with Gasteiger partial charge in [0.15, 0.2) is 0 Å². The zero-order valence-corrected chi connectivity index (χ0v) is 23.1. The third kappa shape index (κ3) is 41.4. The van der Waals surface area contributed by atoms with E-state index in [9.17, 15) is 29.4 Å². The van der Waals surface area contributed by atoms with Crippen LogP contribution in [0.25, 0.3) is 0 Å². The Hall–Kier alpha value is 1.07. The largest absolute Gasteiger partial charge is 1.00 e. The molecule has 0 atom stereocenters. The zero-order valence-electron chi connectivity index (χ0n) is 16.8. The first-order valence-corrected chi connectivity index (χ1v) is 8.50. The van der Waals surface area contributed by atoms with Crippen LogP contribution in [0.15, 0.2) is 0 Å². The minimum absolute atomic E-state index is 0. The molecular weight excluding hydrogens is 426 g/mol. The number of carbonyl (C=O) groups is 4. The van der Waals surface area contributed by atoms with Crippen LogP contribution in [0.3, 0.4) is 0 Å². The number of aliphatic carboxylic acids is 4. The van der Waals surface area contributed by atoms with Crippen molar-refractivity contribution in [2.45, 2.75) is 51.4 Å². The normalized spacial score (nSPS) is 9.14. The van der Waals surface area contributed by atoms with Crippen LogP contribution in [0.2, 0.25) is 0 Å². The van der Waals surface area contributed by atoms with Gasteiger partial charge in [-0.2, -0.15) is 0 Å². The van der Waals surface area contributed by atoms with Gasteiger partial charge in [-0.25, -0.2) is 0 Å². The summed E-state index contributed by atoms with van der Waals surface area (Å²) in [5, 5.41) is 41.8. The van der Waals surface area contributed by atoms with Crippen LogP contribution in [-0.2, 0) is 19.2 Å². The SMILES string of the molecule is O=C([O-])CCCCCNCC(=O)O.O=C([O-])CCCCCNCC(=O)O.[K+].[K+]. The molecule has 12 heteroatoms. The molecule has 0 rings (SSSR count). The Balaban J connectivity index is -0.000000192. The molecule has 0 amide bonds. The van der Waals surface area contributed by atoms with Crippen molar-refractivity contribution in [3.63, 3.8) is 0 Å². The fourth-order valence-electron chi connectivity index (χ4n) is 1.78. The number of hydrogen-bond donors (Lipinski definition) is 4. The fourth-order valence-corrected chi connectivity index (χ4v) is 1.78. The standard InChI is InChI=1S/2C8H15NO4.2K/c2*10-7(11)4-2-1-3-5-9-6-8(12)13;;/h2*9H,1-6H2,(H,10,11)(H,12,13);;/q;;2*+1/p-2. The second-order valence-electron chi connectivity index (χ2n) is 5.51. The second-order valence-corrected chi connectivity index (χ2v) is 5.51. The molecule has 10 nitrogen and oxygen atoms in total. The molecule has 0 unspecified atom stereocenters. The predicted molar refractivity (Wildman–Crippen MR) is 88.0 cm³/mol. The van der Waals surface area contributed by atoms with E-state index in [-0.39, 0.29) is 129 Å². The maximum atomic E-state index is 10.0. The summed E-state index contributed by atoms with van der Waals surface area (Å²) in [5.74, 6) is -3.82. The maximum absolute atomic E-state index is 10.0. The van der Waals surface area contributed by atoms with Gasteiger partial charge >= 0.3 is 115 Å². The van der Waals surface area contributed by atoms with Crippen LogP contribution in [0.5, 0.6) is 0 Å². The Morgan fingerprint density at radius 2 is 0.929 bits per heavy atom. The van der Waals surface area contributed by atoms with Gasteiger partial charge in [0.1, 0.15) is 0 Å². The van der Waals surface area contributed by atoms with Gasteiger partial charge in [0.2, 0.25) is 0 Å². The third-order valence-corrected chi connectivity index (χ3v) is 3.02. The van der Waals surface area contributed by atoms with Crippen molar-refractivity contribution >= 4 is 23.9 Å². The average Bonchev–Trinajstić information content (AvgIpc) is 2.52. The predicted octanol–water partition coefficient (Wildman–Crippen LogP) is -8.05. The van der Waals surface area contributed by atoms with Crippen molar-refractivity contribution < 1.29 is 142 Å². The van der Waals surface area contributed by atoms with Gasteiger partial charge in [0.05, 0.1) is 13.1 Å². The Bertz CT molecular complexity index is 351. The molecule has 0 aromatic heterocycles. The Morgan fingerprint density at radius 3 is 1.18 bits per heavy atom. The molecule has 0 saturated heterocycles. The van der Waals surface area contributed by atoms with Crippen LogP contribution in [0.1, 0.15) is 51.4 Å². The van der Waals surface area contributed by atoms with Crippen molar-refractivity contribution in [2.75, 3.05) is 26.2 Å². The average molecular weight is 455 g/mol. The van der Waals surface area contributed by atoms with E-state index >= 15 is 0 Å². The zero-order chi connectivity index (χ0) is 20.2. The minimum atomic E-state index is -1.03. The smallest absolute Gasteiger partial charge is 0.550 e. The van der Waals surface area contributed by atoms with Crippen LogP contribution in [-0.4, -0.2) is 60.3 Å². The minimum Gasteiger partial charge on any atom is -0.550 e. The molecule has 0 aromatic rings. The Labute approximate surface area is 250 Å². The van der Waals surface area contributed by atoms with Gasteiger partial charge in [-0.05, 0) is 51.6 Å². The van der Waals surface area contributed by atoms with Gasteiger partial charge in [-0.15, -0.1) is 0 Å². The van der Waals surface area contributed by atoms with Crippen molar-refractivity contribution in [2.24, 2.45) is 0 Å². The summed E-state index contributed by atoms with van der Waals surface area (Å²) in [7, 11) is 0. The monoisotopic (exact) mass is 454 g/mol. The van der Waals surface area contributed by atoms with E-state index in [0.717, 1.165) is 25.7 Å². The van der Waals surface area contributed by atoms with Crippen LogP contribution in [0, 0.1) is 0 Å². The number of carboxylic acids is 4. The Morgan fingerprint density at radius 1 is 0.607 bits per heavy atom. The summed E-state index contributed by atoms with van der Waals surface area (Å²) in [6.07, 6.45) is 4.49. The van der Waals surface area contributed by atoms with Gasteiger partial charge in [-0.3, -0.25) is 9.59 Å². The number of carbonyl (C=O) groups excluding carboxylic acids is 2. The number of rotatable bonds is 16. The van der Waals surface area contributed by atoms with E-state index in [1.807, 2.05) is 0 Å². The van der Waals surface area contributed by atoms with Crippen molar-refractivity contribution in [3.8, 4) is 0 Å². The van der Waals surface area contributed by atoms with E-state index in [2.05, 4.69) is 10.6 Å². The van der Waals surface area contributed by atoms with E-state index in [1.54, 1.807) is 0 Å². The summed E-state index contributed by atoms with van der Waals surface area (Å²) < 4.78 is 0. The summed E-state index contributed by atoms with van der Waals surface area (Å²) >= 11 is 0. The van der Waals surface area contributed by atoms with Crippen molar-refractivity contribution in [1.29, 1.82) is 0 Å². The molecule has 0 aromatic carbocycles. The van der Waals surface area contributed by atoms with E-state index in [1.165, 1.54) is 0 Å². The molecule has 0 heterocycles. The molecule has 0 aliphatic carbocycles. The van der Waals surface area contributed by atoms with Crippen molar-refractivity contribution in [1.82, 2.24) is 10.6 Å². The maximum Gasteiger partial charge on any atom is 1.00 e. The number of nitrogens with one attached hydrogen (secondary N) is 2. The molecule has 0 aliphatic heterocycles. The number of carboxylic acid groups (broad SMARTS) is 4. The number of hydrogen-bond acceptors (Lipinski definition) is 8. The van der Waals surface area contributed by atoms with Crippen LogP contribution in [0.4, 0.5) is 0 Å². The fraction of sp³-hybridized carbons (Fsp3) is 0.750. The van der Waals surface area contributed by atoms with E-state index < -0.39 is 23.9 Å². The molecule has 4 N–H and O–H groups in total. The molecule has 152 valence electrons. The van der Waals surface area contributed by atoms with Crippen molar-refractivity contribution in [3.05, 3.63) is 0 Å². The van der Waals surface area contributed by atoms with Crippen LogP contribution >= 0.6 is 0 Å². The molecule has 0 bridgehead atoms. The summed E-state index contributed by atoms with van der Waals surface area (Å²) in [4.78, 5) is 40.0. The van der Waals surface area contributed by atoms with Gasteiger partial charge in [0.25, 0.3) is 0 Å². The first-order valence-electron chi connectivity index (χ1n) is 8.50. The first-order chi connectivity index (χ1) is 12.3. The molecule has 0 aliphatic rings. The number of unbranched alkanes of at least 4 members (excludes halogenated alkanes) is 4. The van der Waals surface area contributed by atoms with Crippen LogP contribution < -0.4 is 124 Å². The quantitative estimate of drug-likeness (QED) is 0.129. The van der Waals surface area contributed by atoms with Gasteiger partial charge < -0.3 is 40.6 Å². The summed E-state index contributed by atoms with van der Waals surface area (Å²) in [5.41, 5.74) is 0. The van der Waals surface area contributed by atoms with Gasteiger partial charge in [0, 0.05) is 11.9 Å². The summed E-state index contributed by atoms with van der Waals surface area (Å²) in [6.45, 7) is 1.14.